The normalized spacial score (nSPS) is 23.9. The summed E-state index contributed by atoms with van der Waals surface area (Å²) in [5.74, 6) is 0.244. The van der Waals surface area contributed by atoms with E-state index in [0.29, 0.717) is 37.6 Å². The Balaban J connectivity index is 1.68. The molecule has 5 heteroatoms. The van der Waals surface area contributed by atoms with Gasteiger partial charge in [0.2, 0.25) is 5.91 Å². The van der Waals surface area contributed by atoms with Crippen molar-refractivity contribution in [3.8, 4) is 0 Å². The molecular formula is C21H28N2O3. The molecule has 0 aromatic heterocycles. The SMILES string of the molecule is CC(C)=CC1C(C(=O)Nc2cccc(C(=O)N3CCOCC3)c2)C1(C)C. The molecule has 1 aliphatic heterocycles. The first-order valence-electron chi connectivity index (χ1n) is 9.23. The molecule has 1 aromatic carbocycles. The first-order valence-corrected chi connectivity index (χ1v) is 9.23. The third kappa shape index (κ3) is 3.83. The van der Waals surface area contributed by atoms with Gasteiger partial charge in [-0.2, -0.15) is 0 Å². The zero-order valence-corrected chi connectivity index (χ0v) is 16.0. The van der Waals surface area contributed by atoms with E-state index in [1.165, 1.54) is 5.57 Å². The Bertz CT molecular complexity index is 729. The van der Waals surface area contributed by atoms with Gasteiger partial charge in [0, 0.05) is 24.3 Å². The molecule has 140 valence electrons. The van der Waals surface area contributed by atoms with Crippen LogP contribution in [0.15, 0.2) is 35.9 Å². The molecule has 2 aliphatic rings. The van der Waals surface area contributed by atoms with Crippen molar-refractivity contribution in [1.82, 2.24) is 4.90 Å². The number of carbonyl (C=O) groups excluding carboxylic acids is 2. The number of rotatable bonds is 4. The van der Waals surface area contributed by atoms with Crippen LogP contribution in [0, 0.1) is 17.3 Å². The Labute approximate surface area is 155 Å². The van der Waals surface area contributed by atoms with Crippen molar-refractivity contribution in [2.75, 3.05) is 31.6 Å². The van der Waals surface area contributed by atoms with Crippen LogP contribution in [0.1, 0.15) is 38.1 Å². The third-order valence-corrected chi connectivity index (χ3v) is 5.38. The van der Waals surface area contributed by atoms with Gasteiger partial charge in [-0.05, 0) is 43.4 Å². The number of benzene rings is 1. The number of ether oxygens (including phenoxy) is 1. The van der Waals surface area contributed by atoms with Crippen LogP contribution >= 0.6 is 0 Å². The Morgan fingerprint density at radius 2 is 1.92 bits per heavy atom. The van der Waals surface area contributed by atoms with Gasteiger partial charge in [0.1, 0.15) is 0 Å². The summed E-state index contributed by atoms with van der Waals surface area (Å²) in [6.45, 7) is 10.7. The van der Waals surface area contributed by atoms with Crippen LogP contribution in [0.4, 0.5) is 5.69 Å². The van der Waals surface area contributed by atoms with E-state index < -0.39 is 0 Å². The van der Waals surface area contributed by atoms with Gasteiger partial charge in [-0.25, -0.2) is 0 Å². The fourth-order valence-corrected chi connectivity index (χ4v) is 3.75. The van der Waals surface area contributed by atoms with E-state index in [2.05, 4.69) is 39.1 Å². The minimum absolute atomic E-state index is 0.0152. The molecule has 1 aliphatic carbocycles. The maximum Gasteiger partial charge on any atom is 0.254 e. The maximum absolute atomic E-state index is 12.7. The van der Waals surface area contributed by atoms with Crippen molar-refractivity contribution in [2.45, 2.75) is 27.7 Å². The summed E-state index contributed by atoms with van der Waals surface area (Å²) in [5, 5.41) is 3.00. The van der Waals surface area contributed by atoms with Crippen LogP contribution in [0.25, 0.3) is 0 Å². The van der Waals surface area contributed by atoms with Gasteiger partial charge in [-0.3, -0.25) is 9.59 Å². The molecule has 2 unspecified atom stereocenters. The number of nitrogens with zero attached hydrogens (tertiary/aromatic N) is 1. The molecule has 0 radical (unpaired) electrons. The lowest BCUT2D eigenvalue weighted by molar-refractivity contribution is -0.118. The Morgan fingerprint density at radius 3 is 2.58 bits per heavy atom. The van der Waals surface area contributed by atoms with Crippen LogP contribution in [-0.4, -0.2) is 43.0 Å². The highest BCUT2D eigenvalue weighted by Gasteiger charge is 2.60. The van der Waals surface area contributed by atoms with Crippen molar-refractivity contribution in [2.24, 2.45) is 17.3 Å². The van der Waals surface area contributed by atoms with Gasteiger partial charge in [0.15, 0.2) is 0 Å². The largest absolute Gasteiger partial charge is 0.378 e. The second kappa shape index (κ2) is 7.23. The number of nitrogens with one attached hydrogen (secondary N) is 1. The molecule has 1 aromatic rings. The predicted octanol–water partition coefficient (Wildman–Crippen LogP) is 3.34. The Hall–Kier alpha value is -2.14. The van der Waals surface area contributed by atoms with E-state index >= 15 is 0 Å². The summed E-state index contributed by atoms with van der Waals surface area (Å²) in [5.41, 5.74) is 2.48. The molecule has 1 saturated carbocycles. The highest BCUT2D eigenvalue weighted by atomic mass is 16.5. The van der Waals surface area contributed by atoms with Crippen LogP contribution in [0.3, 0.4) is 0 Å². The smallest absolute Gasteiger partial charge is 0.254 e. The fourth-order valence-electron chi connectivity index (χ4n) is 3.75. The average Bonchev–Trinajstić information content (AvgIpc) is 3.14. The molecule has 26 heavy (non-hydrogen) atoms. The minimum Gasteiger partial charge on any atom is -0.378 e. The van der Waals surface area contributed by atoms with E-state index in [-0.39, 0.29) is 29.1 Å². The molecule has 1 N–H and O–H groups in total. The molecule has 2 fully saturated rings. The zero-order valence-electron chi connectivity index (χ0n) is 16.0. The van der Waals surface area contributed by atoms with Crippen LogP contribution in [0.5, 0.6) is 0 Å². The van der Waals surface area contributed by atoms with Crippen molar-refractivity contribution < 1.29 is 14.3 Å². The van der Waals surface area contributed by atoms with Gasteiger partial charge >= 0.3 is 0 Å². The van der Waals surface area contributed by atoms with E-state index in [9.17, 15) is 9.59 Å². The fraction of sp³-hybridized carbons (Fsp3) is 0.524. The third-order valence-electron chi connectivity index (χ3n) is 5.38. The molecule has 2 amide bonds. The number of allylic oxidation sites excluding steroid dienone is 2. The summed E-state index contributed by atoms with van der Waals surface area (Å²) in [7, 11) is 0. The van der Waals surface area contributed by atoms with Gasteiger partial charge in [0.25, 0.3) is 5.91 Å². The summed E-state index contributed by atoms with van der Waals surface area (Å²) in [6, 6.07) is 7.20. The molecule has 0 bridgehead atoms. The monoisotopic (exact) mass is 356 g/mol. The summed E-state index contributed by atoms with van der Waals surface area (Å²) >= 11 is 0. The number of hydrogen-bond acceptors (Lipinski definition) is 3. The lowest BCUT2D eigenvalue weighted by Gasteiger charge is -2.27. The lowest BCUT2D eigenvalue weighted by atomic mass is 10.1. The number of anilines is 1. The van der Waals surface area contributed by atoms with E-state index in [0.717, 1.165) is 0 Å². The first kappa shape index (κ1) is 18.6. The molecule has 1 saturated heterocycles. The molecule has 2 atom stereocenters. The molecule has 1 heterocycles. The Kier molecular flexibility index (Phi) is 5.19. The van der Waals surface area contributed by atoms with Crippen LogP contribution in [-0.2, 0) is 9.53 Å². The molecule has 3 rings (SSSR count). The number of carbonyl (C=O) groups is 2. The van der Waals surface area contributed by atoms with Crippen molar-refractivity contribution in [3.63, 3.8) is 0 Å². The summed E-state index contributed by atoms with van der Waals surface area (Å²) < 4.78 is 5.30. The standard InChI is InChI=1S/C21H28N2O3/c1-14(2)12-17-18(21(17,3)4)19(24)22-16-7-5-6-15(13-16)20(25)23-8-10-26-11-9-23/h5-7,12-13,17-18H,8-11H2,1-4H3,(H,22,24). The second-order valence-corrected chi connectivity index (χ2v) is 8.04. The summed E-state index contributed by atoms with van der Waals surface area (Å²) in [4.78, 5) is 27.1. The highest BCUT2D eigenvalue weighted by Crippen LogP contribution is 2.59. The number of morpholine rings is 1. The van der Waals surface area contributed by atoms with Gasteiger partial charge in [0.05, 0.1) is 19.1 Å². The highest BCUT2D eigenvalue weighted by molar-refractivity contribution is 5.99. The second-order valence-electron chi connectivity index (χ2n) is 8.04. The van der Waals surface area contributed by atoms with Crippen LogP contribution in [0.2, 0.25) is 0 Å². The Morgan fingerprint density at radius 1 is 1.23 bits per heavy atom. The predicted molar refractivity (Wildman–Crippen MR) is 102 cm³/mol. The zero-order chi connectivity index (χ0) is 18.9. The van der Waals surface area contributed by atoms with Crippen molar-refractivity contribution >= 4 is 17.5 Å². The van der Waals surface area contributed by atoms with Crippen molar-refractivity contribution in [1.29, 1.82) is 0 Å². The van der Waals surface area contributed by atoms with E-state index in [1.807, 2.05) is 12.1 Å². The number of hydrogen-bond donors (Lipinski definition) is 1. The van der Waals surface area contributed by atoms with Crippen LogP contribution < -0.4 is 5.32 Å². The van der Waals surface area contributed by atoms with Gasteiger partial charge < -0.3 is 15.0 Å². The number of amides is 2. The van der Waals surface area contributed by atoms with Gasteiger partial charge in [-0.15, -0.1) is 0 Å². The van der Waals surface area contributed by atoms with E-state index in [4.69, 9.17) is 4.74 Å². The lowest BCUT2D eigenvalue weighted by Crippen LogP contribution is -2.40. The summed E-state index contributed by atoms with van der Waals surface area (Å²) in [6.07, 6.45) is 2.18. The topological polar surface area (TPSA) is 58.6 Å². The van der Waals surface area contributed by atoms with Gasteiger partial charge in [-0.1, -0.05) is 31.6 Å². The quantitative estimate of drug-likeness (QED) is 0.842. The van der Waals surface area contributed by atoms with E-state index in [1.54, 1.807) is 17.0 Å². The maximum atomic E-state index is 12.7. The average molecular weight is 356 g/mol. The minimum atomic E-state index is -0.0315. The first-order chi connectivity index (χ1) is 12.3. The molecule has 5 nitrogen and oxygen atoms in total. The van der Waals surface area contributed by atoms with Crippen molar-refractivity contribution in [3.05, 3.63) is 41.5 Å². The molecular weight excluding hydrogens is 328 g/mol. The molecule has 0 spiro atoms.